The number of nitrogens with zero attached hydrogens (tertiary/aromatic N) is 2. The Morgan fingerprint density at radius 1 is 1.14 bits per heavy atom. The van der Waals surface area contributed by atoms with Crippen LogP contribution in [0.25, 0.3) is 0 Å². The van der Waals surface area contributed by atoms with Gasteiger partial charge in [0.15, 0.2) is 0 Å². The van der Waals surface area contributed by atoms with E-state index in [1.165, 1.54) is 4.90 Å². The van der Waals surface area contributed by atoms with E-state index in [9.17, 15) is 19.2 Å². The minimum atomic E-state index is -1.03. The molecule has 2 heterocycles. The summed E-state index contributed by atoms with van der Waals surface area (Å²) < 4.78 is 5.77. The van der Waals surface area contributed by atoms with Gasteiger partial charge in [0.2, 0.25) is 5.91 Å². The van der Waals surface area contributed by atoms with Crippen LogP contribution in [0.3, 0.4) is 0 Å². The highest BCUT2D eigenvalue weighted by Gasteiger charge is 2.32. The number of piperazine rings is 1. The maximum absolute atomic E-state index is 13.0. The third-order valence-corrected chi connectivity index (χ3v) is 5.81. The second kappa shape index (κ2) is 11.4. The first-order valence-corrected chi connectivity index (χ1v) is 11.6. The van der Waals surface area contributed by atoms with Crippen LogP contribution in [0.5, 0.6) is 5.75 Å². The highest BCUT2D eigenvalue weighted by atomic mass is 16.5. The summed E-state index contributed by atoms with van der Waals surface area (Å²) >= 11 is 0. The van der Waals surface area contributed by atoms with Crippen LogP contribution in [0.1, 0.15) is 11.1 Å². The summed E-state index contributed by atoms with van der Waals surface area (Å²) in [6.07, 6.45) is 0. The predicted octanol–water partition coefficient (Wildman–Crippen LogP) is -0.374. The van der Waals surface area contributed by atoms with Crippen LogP contribution in [-0.2, 0) is 25.7 Å². The van der Waals surface area contributed by atoms with Crippen LogP contribution in [-0.4, -0.2) is 74.4 Å². The normalized spacial score (nSPS) is 17.5. The van der Waals surface area contributed by atoms with Crippen molar-refractivity contribution >= 4 is 29.3 Å². The average molecular weight is 490 g/mol. The van der Waals surface area contributed by atoms with Crippen LogP contribution < -0.4 is 25.6 Å². The largest absolute Gasteiger partial charge is 0.489 e. The van der Waals surface area contributed by atoms with E-state index in [1.54, 1.807) is 25.2 Å². The second-order valence-corrected chi connectivity index (χ2v) is 8.45. The molecule has 2 aliphatic rings. The van der Waals surface area contributed by atoms with Gasteiger partial charge in [-0.05, 0) is 23.8 Å². The molecule has 3 N–H and O–H groups in total. The standard InChI is InChI=1S/C26H27N5O5/c1-30-21-14-18(8-5-12-31-13-11-27-23(32)16-31)9-10-22(21)36-17-20(26(30)35)29-25(34)24(33)28-15-19-6-3-2-4-7-19/h2-4,6-7,9-10,14,20H,11-13,15-17H2,1H3,(H,27,32)(H,28,33)(H,29,34)/t20-/m0/s1. The molecule has 0 saturated carbocycles. The van der Waals surface area contributed by atoms with E-state index in [2.05, 4.69) is 27.8 Å². The molecular formula is C26H27N5O5. The number of hydrogen-bond donors (Lipinski definition) is 3. The zero-order valence-electron chi connectivity index (χ0n) is 19.9. The van der Waals surface area contributed by atoms with Gasteiger partial charge in [0, 0.05) is 32.2 Å². The lowest BCUT2D eigenvalue weighted by Crippen LogP contribution is -2.52. The van der Waals surface area contributed by atoms with Crippen molar-refractivity contribution in [3.8, 4) is 17.6 Å². The van der Waals surface area contributed by atoms with Crippen molar-refractivity contribution < 1.29 is 23.9 Å². The lowest BCUT2D eigenvalue weighted by molar-refractivity contribution is -0.140. The van der Waals surface area contributed by atoms with Crippen molar-refractivity contribution in [1.82, 2.24) is 20.9 Å². The molecule has 1 fully saturated rings. The van der Waals surface area contributed by atoms with E-state index >= 15 is 0 Å². The topological polar surface area (TPSA) is 120 Å². The Hall–Kier alpha value is -4.36. The van der Waals surface area contributed by atoms with Crippen molar-refractivity contribution in [2.45, 2.75) is 12.6 Å². The van der Waals surface area contributed by atoms with E-state index in [1.807, 2.05) is 35.2 Å². The van der Waals surface area contributed by atoms with Gasteiger partial charge in [0.05, 0.1) is 18.8 Å². The summed E-state index contributed by atoms with van der Waals surface area (Å²) in [7, 11) is 1.58. The lowest BCUT2D eigenvalue weighted by atomic mass is 10.1. The van der Waals surface area contributed by atoms with Crippen molar-refractivity contribution in [3.63, 3.8) is 0 Å². The van der Waals surface area contributed by atoms with Gasteiger partial charge in [-0.25, -0.2) is 0 Å². The molecule has 0 bridgehead atoms. The molecule has 1 atom stereocenters. The van der Waals surface area contributed by atoms with E-state index in [0.29, 0.717) is 36.6 Å². The minimum absolute atomic E-state index is 0.0133. The fraction of sp³-hybridized carbons (Fsp3) is 0.308. The number of rotatable bonds is 4. The first-order chi connectivity index (χ1) is 17.4. The summed E-state index contributed by atoms with van der Waals surface area (Å²) in [5.74, 6) is 4.41. The number of ether oxygens (including phenoxy) is 1. The Balaban J connectivity index is 1.36. The van der Waals surface area contributed by atoms with Crippen LogP contribution >= 0.6 is 0 Å². The smallest absolute Gasteiger partial charge is 0.310 e. The minimum Gasteiger partial charge on any atom is -0.489 e. The molecule has 186 valence electrons. The lowest BCUT2D eigenvalue weighted by Gasteiger charge is -2.24. The quantitative estimate of drug-likeness (QED) is 0.398. The van der Waals surface area contributed by atoms with Gasteiger partial charge in [-0.3, -0.25) is 24.1 Å². The summed E-state index contributed by atoms with van der Waals surface area (Å²) in [4.78, 5) is 52.5. The molecule has 0 aliphatic carbocycles. The number of fused-ring (bicyclic) bond motifs is 1. The van der Waals surface area contributed by atoms with Gasteiger partial charge in [0.1, 0.15) is 18.4 Å². The van der Waals surface area contributed by atoms with Crippen molar-refractivity contribution in [1.29, 1.82) is 0 Å². The Morgan fingerprint density at radius 3 is 2.72 bits per heavy atom. The first kappa shape index (κ1) is 24.8. The fourth-order valence-corrected chi connectivity index (χ4v) is 3.84. The molecule has 1 saturated heterocycles. The van der Waals surface area contributed by atoms with Gasteiger partial charge >= 0.3 is 11.8 Å². The number of carbonyl (C=O) groups excluding carboxylic acids is 4. The molecule has 0 unspecified atom stereocenters. The van der Waals surface area contributed by atoms with Crippen molar-refractivity contribution in [3.05, 3.63) is 59.7 Å². The fourth-order valence-electron chi connectivity index (χ4n) is 3.84. The first-order valence-electron chi connectivity index (χ1n) is 11.6. The number of hydrogen-bond acceptors (Lipinski definition) is 6. The van der Waals surface area contributed by atoms with Crippen LogP contribution in [0.4, 0.5) is 5.69 Å². The second-order valence-electron chi connectivity index (χ2n) is 8.45. The molecule has 4 amide bonds. The Morgan fingerprint density at radius 2 is 1.94 bits per heavy atom. The number of likely N-dealkylation sites (N-methyl/N-ethyl adjacent to an activating group) is 1. The molecule has 10 nitrogen and oxygen atoms in total. The number of anilines is 1. The van der Waals surface area contributed by atoms with E-state index in [4.69, 9.17) is 4.74 Å². The van der Waals surface area contributed by atoms with Crippen LogP contribution in [0.2, 0.25) is 0 Å². The molecule has 2 aliphatic heterocycles. The van der Waals surface area contributed by atoms with Crippen LogP contribution in [0.15, 0.2) is 48.5 Å². The van der Waals surface area contributed by atoms with Gasteiger partial charge in [-0.2, -0.15) is 0 Å². The Labute approximate surface area is 209 Å². The van der Waals surface area contributed by atoms with Crippen molar-refractivity contribution in [2.24, 2.45) is 0 Å². The summed E-state index contributed by atoms with van der Waals surface area (Å²) in [5.41, 5.74) is 2.04. The Kier molecular flexibility index (Phi) is 7.82. The van der Waals surface area contributed by atoms with Crippen molar-refractivity contribution in [2.75, 3.05) is 44.7 Å². The van der Waals surface area contributed by atoms with Gasteiger partial charge in [-0.15, -0.1) is 0 Å². The third-order valence-electron chi connectivity index (χ3n) is 5.81. The summed E-state index contributed by atoms with van der Waals surface area (Å²) in [6, 6.07) is 13.4. The molecule has 0 radical (unpaired) electrons. The third kappa shape index (κ3) is 6.20. The van der Waals surface area contributed by atoms with E-state index < -0.39 is 23.8 Å². The summed E-state index contributed by atoms with van der Waals surface area (Å²) in [6.45, 7) is 2.21. The molecule has 10 heteroatoms. The zero-order chi connectivity index (χ0) is 25.5. The molecule has 4 rings (SSSR count). The molecule has 0 aromatic heterocycles. The molecule has 36 heavy (non-hydrogen) atoms. The number of benzene rings is 2. The predicted molar refractivity (Wildman–Crippen MR) is 132 cm³/mol. The summed E-state index contributed by atoms with van der Waals surface area (Å²) in [5, 5.41) is 7.78. The molecule has 0 spiro atoms. The molecule has 2 aromatic rings. The molecule has 2 aromatic carbocycles. The highest BCUT2D eigenvalue weighted by Crippen LogP contribution is 2.31. The van der Waals surface area contributed by atoms with Gasteiger partial charge in [0.25, 0.3) is 5.91 Å². The maximum atomic E-state index is 13.0. The Bertz CT molecular complexity index is 1220. The van der Waals surface area contributed by atoms with Crippen LogP contribution in [0, 0.1) is 11.8 Å². The average Bonchev–Trinajstić information content (AvgIpc) is 3.00. The highest BCUT2D eigenvalue weighted by molar-refractivity contribution is 6.35. The number of amides is 4. The zero-order valence-corrected chi connectivity index (χ0v) is 19.9. The number of carbonyl (C=O) groups is 4. The van der Waals surface area contributed by atoms with E-state index in [-0.39, 0.29) is 19.1 Å². The van der Waals surface area contributed by atoms with E-state index in [0.717, 1.165) is 12.1 Å². The van der Waals surface area contributed by atoms with Gasteiger partial charge < -0.3 is 25.6 Å². The monoisotopic (exact) mass is 489 g/mol. The van der Waals surface area contributed by atoms with Gasteiger partial charge in [-0.1, -0.05) is 42.2 Å². The number of nitrogens with one attached hydrogen (secondary N) is 3. The SMILES string of the molecule is CN1C(=O)[C@@H](NC(=O)C(=O)NCc2ccccc2)COc2ccc(C#CCN3CCNC(=O)C3)cc21. The molecular weight excluding hydrogens is 462 g/mol. The maximum Gasteiger partial charge on any atom is 0.310 e.